The van der Waals surface area contributed by atoms with Crippen molar-refractivity contribution in [2.24, 2.45) is 23.7 Å². The fraction of sp³-hybridized carbons (Fsp3) is 0.648. The maximum atomic E-state index is 14.4. The van der Waals surface area contributed by atoms with Crippen LogP contribution in [0.15, 0.2) is 94.7 Å². The van der Waals surface area contributed by atoms with Gasteiger partial charge in [-0.2, -0.15) is 10.1 Å². The van der Waals surface area contributed by atoms with Crippen molar-refractivity contribution in [2.45, 2.75) is 212 Å². The number of nitrogens with one attached hydrogen (secondary N) is 1. The molecule has 5 aliphatic heterocycles. The van der Waals surface area contributed by atoms with Crippen LogP contribution in [0, 0.1) is 23.7 Å². The van der Waals surface area contributed by atoms with Crippen LogP contribution < -0.4 is 16.8 Å². The highest BCUT2D eigenvalue weighted by Gasteiger charge is 2.42. The number of hydrogen-bond acceptors (Lipinski definition) is 26. The van der Waals surface area contributed by atoms with E-state index in [0.717, 1.165) is 106 Å². The fourth-order valence-corrected chi connectivity index (χ4v) is 17.2. The van der Waals surface area contributed by atoms with E-state index < -0.39 is 48.1 Å². The lowest BCUT2D eigenvalue weighted by Crippen LogP contribution is -2.54. The van der Waals surface area contributed by atoms with Gasteiger partial charge in [0.15, 0.2) is 11.2 Å². The number of rotatable bonds is 32. The van der Waals surface area contributed by atoms with E-state index in [0.29, 0.717) is 222 Å². The number of carbonyl (C=O) groups excluding carboxylic acids is 6. The van der Waals surface area contributed by atoms with E-state index in [-0.39, 0.29) is 66.7 Å². The molecule has 0 radical (unpaired) electrons. The lowest BCUT2D eigenvalue weighted by molar-refractivity contribution is -0.167. The highest BCUT2D eigenvalue weighted by molar-refractivity contribution is 6.38. The molecule has 9 atom stereocenters. The van der Waals surface area contributed by atoms with Crippen LogP contribution in [0.4, 0.5) is 16.6 Å². The molecule has 121 heavy (non-hydrogen) atoms. The number of benzene rings is 2. The Balaban J connectivity index is 0.490. The summed E-state index contributed by atoms with van der Waals surface area (Å²) in [6.45, 7) is 23.1. The van der Waals surface area contributed by atoms with E-state index in [4.69, 9.17) is 68.4 Å². The number of piperidine rings is 1. The SMILES string of the molecule is CO[C@H]1CC2CCCC(O2)C(=O)C(=O)N2CCCC[C@H]2C(=O)O[C@H](CCC2CCC(OC(=O)NCCOCCOCCN3CCN(CCOCCOCCOCCOCCC(=O)N4CCc5cc(Cn6nc(-c7ccc8oc(N)nc8c7)c7c(N)ncnc76)ccc5C4)CC3)CC2)CC[C@H](C)/C=C(\C)[C@@H](O)CC(=O)[C@H](C)C[C@H](C)/C=C/C=CC=C1C. The topological polar surface area (TPSA) is 362 Å². The van der Waals surface area contributed by atoms with Crippen molar-refractivity contribution in [3.8, 4) is 11.3 Å². The molecule has 3 amide bonds. The number of oxazole rings is 1. The number of carbonyl (C=O) groups is 6. The lowest BCUT2D eigenvalue weighted by atomic mass is 9.83. The van der Waals surface area contributed by atoms with E-state index in [2.05, 4.69) is 68.2 Å². The molecule has 6 N–H and O–H groups in total. The minimum atomic E-state index is -0.916. The number of fused-ring (bicyclic) bond motifs is 6. The zero-order valence-electron chi connectivity index (χ0n) is 72.1. The Morgan fingerprint density at radius 3 is 2.12 bits per heavy atom. The first-order valence-electron chi connectivity index (χ1n) is 44.2. The third-order valence-corrected chi connectivity index (χ3v) is 24.3. The van der Waals surface area contributed by atoms with Crippen LogP contribution in [0.25, 0.3) is 33.4 Å². The number of ketones is 2. The number of allylic oxidation sites excluding steroid dienone is 6. The molecule has 5 aromatic rings. The summed E-state index contributed by atoms with van der Waals surface area (Å²) in [5.41, 5.74) is 20.5. The van der Waals surface area contributed by atoms with E-state index in [9.17, 15) is 33.9 Å². The number of anilines is 2. The molecule has 1 aliphatic carbocycles. The third-order valence-electron chi connectivity index (χ3n) is 24.3. The Labute approximate surface area is 712 Å². The number of nitrogens with two attached hydrogens (primary N) is 2. The number of methoxy groups -OCH3 is 1. The molecule has 30 nitrogen and oxygen atoms in total. The molecule has 1 saturated carbocycles. The first kappa shape index (κ1) is 93.3. The highest BCUT2D eigenvalue weighted by atomic mass is 16.6. The van der Waals surface area contributed by atoms with Crippen LogP contribution in [0.5, 0.6) is 0 Å². The van der Waals surface area contributed by atoms with Gasteiger partial charge in [0, 0.05) is 96.9 Å². The highest BCUT2D eigenvalue weighted by Crippen LogP contribution is 2.36. The van der Waals surface area contributed by atoms with Crippen LogP contribution in [0.3, 0.4) is 0 Å². The Bertz CT molecular complexity index is 4260. The Hall–Kier alpha value is -8.40. The van der Waals surface area contributed by atoms with Crippen molar-refractivity contribution in [3.05, 3.63) is 107 Å². The zero-order valence-corrected chi connectivity index (χ0v) is 72.1. The van der Waals surface area contributed by atoms with Crippen molar-refractivity contribution in [1.82, 2.24) is 49.6 Å². The second-order valence-corrected chi connectivity index (χ2v) is 33.5. The number of hydrogen-bond donors (Lipinski definition) is 4. The number of nitrogens with zero attached hydrogens (tertiary/aromatic N) is 9. The number of Topliss-reactive ketones (excluding diaryl/α,β-unsaturated/α-hetero) is 2. The summed E-state index contributed by atoms with van der Waals surface area (Å²) in [6.07, 6.45) is 21.5. The molecule has 664 valence electrons. The van der Waals surface area contributed by atoms with Crippen LogP contribution >= 0.6 is 0 Å². The number of ether oxygens (including phenoxy) is 10. The molecule has 0 spiro atoms. The molecule has 8 heterocycles. The van der Waals surface area contributed by atoms with Crippen LogP contribution in [-0.4, -0.2) is 273 Å². The zero-order chi connectivity index (χ0) is 85.4. The standard InChI is InChI=1S/C91H132N12O18/c1-62-13-8-7-9-14-64(3)81(111-6)57-74-15-12-17-80(118-74)85(107)88(108)102-33-11-10-16-76(102)89(109)119-72(25-18-63(2)54-66(5)78(105)58-77(104)65(4)53-62)26-20-67-21-27-73(28-22-67)120-91(110)94-32-42-113-46-47-114-43-39-99-35-37-100(38-36-99)40-44-115-48-50-117-52-51-116-49-45-112-41-31-82(106)101-34-30-69-55-68(19-23-71(69)60-101)59-103-87-83(86(92)95-61-96-87)84(98-103)70-24-29-79-75(56-70)97-90(93)121-79/h7-9,13-14,19,23-24,29,54-56,61-63,65,67,72-74,76,78,80-81,105H,10-12,15-18,20-22,25-28,30-53,57-60H2,1-6H3,(H2,93,97)(H,94,110)(H2,92,95,96)/b9-7?,13-8+,64-14?,66-54+/t62-,63+,65-,67?,72+,73?,74?,76+,78+,80?,81+/m1/s1. The van der Waals surface area contributed by atoms with Gasteiger partial charge in [0.1, 0.15) is 53.5 Å². The summed E-state index contributed by atoms with van der Waals surface area (Å²) in [6, 6.07) is 11.1. The molecule has 2 aromatic carbocycles. The molecule has 2 unspecified atom stereocenters. The van der Waals surface area contributed by atoms with Gasteiger partial charge < -0.3 is 83.5 Å². The van der Waals surface area contributed by atoms with Gasteiger partial charge in [-0.3, -0.25) is 29.0 Å². The van der Waals surface area contributed by atoms with Gasteiger partial charge in [0.2, 0.25) is 11.7 Å². The van der Waals surface area contributed by atoms with Crippen molar-refractivity contribution >= 4 is 69.4 Å². The van der Waals surface area contributed by atoms with E-state index in [1.807, 2.05) is 72.9 Å². The van der Waals surface area contributed by atoms with Gasteiger partial charge in [0.05, 0.1) is 116 Å². The van der Waals surface area contributed by atoms with Crippen molar-refractivity contribution < 1.29 is 85.7 Å². The predicted molar refractivity (Wildman–Crippen MR) is 459 cm³/mol. The molecule has 11 rings (SSSR count). The Morgan fingerprint density at radius 2 is 1.40 bits per heavy atom. The normalized spacial score (nSPS) is 25.4. The molecule has 3 aromatic heterocycles. The van der Waals surface area contributed by atoms with Gasteiger partial charge in [-0.05, 0) is 180 Å². The molecule has 2 bridgehead atoms. The summed E-state index contributed by atoms with van der Waals surface area (Å²) in [5, 5.41) is 19.7. The summed E-state index contributed by atoms with van der Waals surface area (Å²) in [7, 11) is 1.66. The van der Waals surface area contributed by atoms with Crippen LogP contribution in [0.2, 0.25) is 0 Å². The second kappa shape index (κ2) is 48.6. The molecular formula is C91H132N12O18. The summed E-state index contributed by atoms with van der Waals surface area (Å²) >= 11 is 0. The number of aliphatic hydroxyl groups is 1. The van der Waals surface area contributed by atoms with Crippen LogP contribution in [0.1, 0.15) is 167 Å². The van der Waals surface area contributed by atoms with Crippen molar-refractivity contribution in [1.29, 1.82) is 0 Å². The van der Waals surface area contributed by atoms with E-state index in [1.54, 1.807) is 13.2 Å². The summed E-state index contributed by atoms with van der Waals surface area (Å²) < 4.78 is 66.5. The van der Waals surface area contributed by atoms with Crippen molar-refractivity contribution in [2.75, 3.05) is 157 Å². The molecule has 3 saturated heterocycles. The Kier molecular flexibility index (Phi) is 37.5. The minimum absolute atomic E-state index is 0.00227. The van der Waals surface area contributed by atoms with Gasteiger partial charge in [-0.1, -0.05) is 75.4 Å². The summed E-state index contributed by atoms with van der Waals surface area (Å²) in [4.78, 5) is 103. The number of aliphatic hydroxyl groups excluding tert-OH is 1. The Morgan fingerprint density at radius 1 is 0.686 bits per heavy atom. The maximum Gasteiger partial charge on any atom is 0.407 e. The number of nitrogen functional groups attached to an aromatic ring is 2. The second-order valence-electron chi connectivity index (χ2n) is 33.5. The van der Waals surface area contributed by atoms with E-state index in [1.165, 1.54) is 16.8 Å². The minimum Gasteiger partial charge on any atom is -0.461 e. The molecule has 4 fully saturated rings. The number of cyclic esters (lactones) is 1. The van der Waals surface area contributed by atoms with Gasteiger partial charge in [0.25, 0.3) is 11.9 Å². The predicted octanol–water partition coefficient (Wildman–Crippen LogP) is 10.5. The fourth-order valence-electron chi connectivity index (χ4n) is 17.2. The summed E-state index contributed by atoms with van der Waals surface area (Å²) in [5.74, 6) is -1.20. The lowest BCUT2D eigenvalue weighted by Gasteiger charge is -2.36. The monoisotopic (exact) mass is 1680 g/mol. The third kappa shape index (κ3) is 29.1. The van der Waals surface area contributed by atoms with Gasteiger partial charge in [-0.25, -0.2) is 24.2 Å². The number of esters is 1. The smallest absolute Gasteiger partial charge is 0.407 e. The van der Waals surface area contributed by atoms with Crippen LogP contribution in [-0.2, 0) is 90.9 Å². The molecular weight excluding hydrogens is 1550 g/mol. The number of amides is 3. The van der Waals surface area contributed by atoms with Crippen molar-refractivity contribution in [3.63, 3.8) is 0 Å². The molecule has 6 aliphatic rings. The largest absolute Gasteiger partial charge is 0.461 e. The number of alkyl carbamates (subject to hydrolysis) is 1. The number of aromatic nitrogens is 5. The van der Waals surface area contributed by atoms with E-state index >= 15 is 0 Å². The first-order valence-corrected chi connectivity index (χ1v) is 44.2. The number of piperazine rings is 1. The average Bonchev–Trinajstić information content (AvgIpc) is 1.61. The molecule has 30 heteroatoms. The van der Waals surface area contributed by atoms with Gasteiger partial charge in [-0.15, -0.1) is 0 Å². The van der Waals surface area contributed by atoms with Gasteiger partial charge >= 0.3 is 12.1 Å². The average molecular weight is 1680 g/mol. The maximum absolute atomic E-state index is 14.4. The first-order chi connectivity index (χ1) is 58.7. The quantitative estimate of drug-likeness (QED) is 0.0134.